The zero-order valence-electron chi connectivity index (χ0n) is 14.5. The van der Waals surface area contributed by atoms with Crippen LogP contribution in [0.15, 0.2) is 0 Å². The first-order valence-electron chi connectivity index (χ1n) is 7.45. The van der Waals surface area contributed by atoms with Gasteiger partial charge in [0.2, 0.25) is 11.8 Å². The molecule has 144 valence electrons. The zero-order valence-corrected chi connectivity index (χ0v) is 14.5. The number of carbonyl (C=O) groups is 4. The third-order valence-corrected chi connectivity index (χ3v) is 2.67. The second-order valence-electron chi connectivity index (χ2n) is 6.22. The van der Waals surface area contributed by atoms with Crippen LogP contribution in [0.5, 0.6) is 0 Å². The lowest BCUT2D eigenvalue weighted by atomic mass is 10.1. The van der Waals surface area contributed by atoms with Crippen LogP contribution in [0.25, 0.3) is 0 Å². The quantitative estimate of drug-likeness (QED) is 0.285. The molecule has 11 heteroatoms. The molecule has 0 heterocycles. The van der Waals surface area contributed by atoms with Crippen LogP contribution in [0, 0.1) is 0 Å². The predicted octanol–water partition coefficient (Wildman–Crippen LogP) is -2.06. The van der Waals surface area contributed by atoms with Gasteiger partial charge in [-0.05, 0) is 27.7 Å². The van der Waals surface area contributed by atoms with Crippen molar-refractivity contribution in [2.75, 3.05) is 13.2 Å². The molecule has 0 fully saturated rings. The van der Waals surface area contributed by atoms with Crippen LogP contribution in [0.1, 0.15) is 27.7 Å². The van der Waals surface area contributed by atoms with Crippen LogP contribution in [-0.4, -0.2) is 76.1 Å². The molecule has 0 saturated carbocycles. The maximum atomic E-state index is 11.9. The Bertz CT molecular complexity index is 501. The first-order valence-corrected chi connectivity index (χ1v) is 7.45. The normalized spacial score (nSPS) is 14.6. The number of ether oxygens (including phenoxy) is 1. The minimum atomic E-state index is -1.58. The number of hydrogen-bond acceptors (Lipinski definition) is 7. The molecule has 3 atom stereocenters. The van der Waals surface area contributed by atoms with Crippen LogP contribution in [-0.2, 0) is 19.1 Å². The maximum absolute atomic E-state index is 11.9. The van der Waals surface area contributed by atoms with Gasteiger partial charge in [0, 0.05) is 0 Å². The van der Waals surface area contributed by atoms with Gasteiger partial charge in [0.1, 0.15) is 24.2 Å². The zero-order chi connectivity index (χ0) is 19.8. The van der Waals surface area contributed by atoms with Gasteiger partial charge in [0.15, 0.2) is 0 Å². The number of carbonyl (C=O) groups excluding carboxylic acids is 3. The Hall–Kier alpha value is -2.40. The fraction of sp³-hybridized carbons (Fsp3) is 0.714. The molecule has 0 spiro atoms. The van der Waals surface area contributed by atoms with E-state index in [9.17, 15) is 24.3 Å². The number of amides is 3. The lowest BCUT2D eigenvalue weighted by Gasteiger charge is -2.23. The number of aliphatic hydroxyl groups excluding tert-OH is 2. The molecule has 0 aliphatic carbocycles. The molecular weight excluding hydrogens is 338 g/mol. The molecular formula is C14H25N3O8. The average Bonchev–Trinajstić information content (AvgIpc) is 2.45. The Morgan fingerprint density at radius 2 is 1.68 bits per heavy atom. The van der Waals surface area contributed by atoms with Gasteiger partial charge in [-0.25, -0.2) is 9.59 Å². The molecule has 0 aromatic heterocycles. The Labute approximate surface area is 144 Å². The molecule has 0 bridgehead atoms. The summed E-state index contributed by atoms with van der Waals surface area (Å²) in [7, 11) is 0. The highest BCUT2D eigenvalue weighted by molar-refractivity contribution is 5.91. The summed E-state index contributed by atoms with van der Waals surface area (Å²) in [4.78, 5) is 46.0. The van der Waals surface area contributed by atoms with Crippen molar-refractivity contribution in [3.05, 3.63) is 0 Å². The minimum Gasteiger partial charge on any atom is -0.480 e. The number of aliphatic carboxylic acids is 1. The minimum absolute atomic E-state index is 0.520. The van der Waals surface area contributed by atoms with Crippen LogP contribution in [0.4, 0.5) is 4.79 Å². The van der Waals surface area contributed by atoms with Crippen LogP contribution in [0.3, 0.4) is 0 Å². The molecule has 6 N–H and O–H groups in total. The molecule has 3 amide bonds. The van der Waals surface area contributed by atoms with Gasteiger partial charge in [0.25, 0.3) is 0 Å². The number of carboxylic acid groups (broad SMARTS) is 1. The van der Waals surface area contributed by atoms with Crippen LogP contribution >= 0.6 is 0 Å². The summed E-state index contributed by atoms with van der Waals surface area (Å²) in [6.45, 7) is 4.75. The Morgan fingerprint density at radius 1 is 1.12 bits per heavy atom. The summed E-state index contributed by atoms with van der Waals surface area (Å²) < 4.78 is 4.93. The van der Waals surface area contributed by atoms with E-state index in [1.54, 1.807) is 20.8 Å². The van der Waals surface area contributed by atoms with E-state index in [1.807, 2.05) is 5.32 Å². The van der Waals surface area contributed by atoms with Gasteiger partial charge in [-0.2, -0.15) is 0 Å². The first kappa shape index (κ1) is 22.6. The van der Waals surface area contributed by atoms with Crippen molar-refractivity contribution < 1.29 is 39.2 Å². The maximum Gasteiger partial charge on any atom is 0.408 e. The SMILES string of the molecule is C[C@@H](O)[C@H](NC(=O)CNC(=O)OC(C)(C)C)C(=O)N[C@@H](CO)C(=O)O. The molecule has 0 aromatic carbocycles. The monoisotopic (exact) mass is 363 g/mol. The highest BCUT2D eigenvalue weighted by Gasteiger charge is 2.29. The molecule has 11 nitrogen and oxygen atoms in total. The third kappa shape index (κ3) is 9.47. The van der Waals surface area contributed by atoms with Crippen molar-refractivity contribution in [1.82, 2.24) is 16.0 Å². The van der Waals surface area contributed by atoms with Gasteiger partial charge in [0.05, 0.1) is 12.7 Å². The van der Waals surface area contributed by atoms with Gasteiger partial charge < -0.3 is 36.0 Å². The van der Waals surface area contributed by atoms with Gasteiger partial charge in [-0.3, -0.25) is 9.59 Å². The fourth-order valence-electron chi connectivity index (χ4n) is 1.54. The molecule has 0 aliphatic rings. The van der Waals surface area contributed by atoms with E-state index < -0.39 is 60.8 Å². The predicted molar refractivity (Wildman–Crippen MR) is 84.5 cm³/mol. The standard InChI is InChI=1S/C14H25N3O8/c1-7(19)10(11(21)16-8(6-18)12(22)23)17-9(20)5-15-13(24)25-14(2,3)4/h7-8,10,18-19H,5-6H2,1-4H3,(H,15,24)(H,16,21)(H,17,20)(H,22,23)/t7-,8+,10+/m1/s1. The van der Waals surface area contributed by atoms with Crippen LogP contribution < -0.4 is 16.0 Å². The number of alkyl carbamates (subject to hydrolysis) is 1. The van der Waals surface area contributed by atoms with E-state index in [2.05, 4.69) is 10.6 Å². The van der Waals surface area contributed by atoms with E-state index in [0.29, 0.717) is 0 Å². The first-order chi connectivity index (χ1) is 11.4. The molecule has 0 unspecified atom stereocenters. The number of hydrogen-bond donors (Lipinski definition) is 6. The molecule has 0 saturated heterocycles. The molecule has 0 radical (unpaired) electrons. The van der Waals surface area contributed by atoms with Gasteiger partial charge >= 0.3 is 12.1 Å². The fourth-order valence-corrected chi connectivity index (χ4v) is 1.54. The topological polar surface area (TPSA) is 174 Å². The molecule has 0 aromatic rings. The average molecular weight is 363 g/mol. The van der Waals surface area contributed by atoms with Crippen molar-refractivity contribution in [1.29, 1.82) is 0 Å². The highest BCUT2D eigenvalue weighted by Crippen LogP contribution is 2.06. The number of carboxylic acids is 1. The largest absolute Gasteiger partial charge is 0.480 e. The van der Waals surface area contributed by atoms with E-state index in [1.165, 1.54) is 6.92 Å². The second-order valence-corrected chi connectivity index (χ2v) is 6.22. The van der Waals surface area contributed by atoms with Crippen molar-refractivity contribution in [2.45, 2.75) is 51.5 Å². The third-order valence-electron chi connectivity index (χ3n) is 2.67. The summed E-state index contributed by atoms with van der Waals surface area (Å²) in [6, 6.07) is -3.05. The molecule has 0 rings (SSSR count). The van der Waals surface area contributed by atoms with Crippen molar-refractivity contribution in [3.8, 4) is 0 Å². The highest BCUT2D eigenvalue weighted by atomic mass is 16.6. The smallest absolute Gasteiger partial charge is 0.408 e. The lowest BCUT2D eigenvalue weighted by molar-refractivity contribution is -0.144. The van der Waals surface area contributed by atoms with E-state index >= 15 is 0 Å². The van der Waals surface area contributed by atoms with Crippen molar-refractivity contribution in [2.24, 2.45) is 0 Å². The van der Waals surface area contributed by atoms with Gasteiger partial charge in [-0.1, -0.05) is 0 Å². The Kier molecular flexibility index (Phi) is 8.85. The van der Waals surface area contributed by atoms with E-state index in [-0.39, 0.29) is 0 Å². The van der Waals surface area contributed by atoms with E-state index in [4.69, 9.17) is 14.9 Å². The van der Waals surface area contributed by atoms with E-state index in [0.717, 1.165) is 0 Å². The number of rotatable bonds is 8. The molecule has 25 heavy (non-hydrogen) atoms. The second kappa shape index (κ2) is 9.79. The number of aliphatic hydroxyl groups is 2. The van der Waals surface area contributed by atoms with Gasteiger partial charge in [-0.15, -0.1) is 0 Å². The Morgan fingerprint density at radius 3 is 2.08 bits per heavy atom. The summed E-state index contributed by atoms with van der Waals surface area (Å²) in [5.41, 5.74) is -0.751. The van der Waals surface area contributed by atoms with Crippen molar-refractivity contribution >= 4 is 23.9 Å². The summed E-state index contributed by atoms with van der Waals surface area (Å²) in [6.07, 6.45) is -2.19. The van der Waals surface area contributed by atoms with Crippen LogP contribution in [0.2, 0.25) is 0 Å². The molecule has 0 aliphatic heterocycles. The van der Waals surface area contributed by atoms with Crippen molar-refractivity contribution in [3.63, 3.8) is 0 Å². The summed E-state index contributed by atoms with van der Waals surface area (Å²) in [5.74, 6) is -3.28. The summed E-state index contributed by atoms with van der Waals surface area (Å²) >= 11 is 0. The number of nitrogens with one attached hydrogen (secondary N) is 3. The Balaban J connectivity index is 4.65. The lowest BCUT2D eigenvalue weighted by Crippen LogP contribution is -2.57. The summed E-state index contributed by atoms with van der Waals surface area (Å²) in [5, 5.41) is 33.5.